The molecule has 1 atom stereocenters. The number of piperidine rings is 1. The van der Waals surface area contributed by atoms with E-state index in [2.05, 4.69) is 20.6 Å². The van der Waals surface area contributed by atoms with Gasteiger partial charge in [-0.05, 0) is 38.8 Å². The molecule has 2 aliphatic rings. The average Bonchev–Trinajstić information content (AvgIpc) is 3.21. The summed E-state index contributed by atoms with van der Waals surface area (Å²) in [6, 6.07) is -0.168. The smallest absolute Gasteiger partial charge is 0.319 e. The summed E-state index contributed by atoms with van der Waals surface area (Å²) in [5.41, 5.74) is 0.721. The number of carbonyl (C=O) groups is 1. The van der Waals surface area contributed by atoms with Crippen molar-refractivity contribution < 1.29 is 9.53 Å². The minimum atomic E-state index is -0.168. The van der Waals surface area contributed by atoms with Crippen molar-refractivity contribution in [1.82, 2.24) is 20.0 Å². The second-order valence-electron chi connectivity index (χ2n) is 6.37. The molecule has 0 aromatic carbocycles. The van der Waals surface area contributed by atoms with Gasteiger partial charge < -0.3 is 20.3 Å². The second kappa shape index (κ2) is 8.31. The Hall–Kier alpha value is -1.60. The molecule has 2 fully saturated rings. The van der Waals surface area contributed by atoms with E-state index < -0.39 is 0 Å². The molecule has 23 heavy (non-hydrogen) atoms. The Labute approximate surface area is 137 Å². The summed E-state index contributed by atoms with van der Waals surface area (Å²) < 4.78 is 7.43. The number of likely N-dealkylation sites (tertiary alicyclic amines) is 1. The summed E-state index contributed by atoms with van der Waals surface area (Å²) in [6.45, 7) is 5.49. The van der Waals surface area contributed by atoms with Crippen molar-refractivity contribution in [3.63, 3.8) is 0 Å². The number of urea groups is 1. The van der Waals surface area contributed by atoms with Crippen LogP contribution in [0.3, 0.4) is 0 Å². The Kier molecular flexibility index (Phi) is 5.87. The lowest BCUT2D eigenvalue weighted by atomic mass is 10.1. The van der Waals surface area contributed by atoms with Gasteiger partial charge in [0.2, 0.25) is 0 Å². The van der Waals surface area contributed by atoms with E-state index in [1.54, 1.807) is 6.20 Å². The zero-order chi connectivity index (χ0) is 15.9. The number of hydrogen-bond acceptors (Lipinski definition) is 4. The molecule has 1 aromatic heterocycles. The largest absolute Gasteiger partial charge is 0.376 e. The first-order valence-electron chi connectivity index (χ1n) is 8.71. The lowest BCUT2D eigenvalue weighted by molar-refractivity contribution is 0.0940. The van der Waals surface area contributed by atoms with Crippen molar-refractivity contribution in [2.45, 2.75) is 44.8 Å². The van der Waals surface area contributed by atoms with Gasteiger partial charge in [0.15, 0.2) is 0 Å². The summed E-state index contributed by atoms with van der Waals surface area (Å²) >= 11 is 0. The van der Waals surface area contributed by atoms with Crippen LogP contribution in [0, 0.1) is 0 Å². The molecule has 7 nitrogen and oxygen atoms in total. The Balaban J connectivity index is 1.35. The molecule has 0 bridgehead atoms. The average molecular weight is 321 g/mol. The van der Waals surface area contributed by atoms with E-state index >= 15 is 0 Å². The first-order valence-corrected chi connectivity index (χ1v) is 8.71. The highest BCUT2D eigenvalue weighted by Crippen LogP contribution is 2.14. The monoisotopic (exact) mass is 321 g/mol. The maximum absolute atomic E-state index is 11.9. The van der Waals surface area contributed by atoms with Gasteiger partial charge in [0.05, 0.1) is 24.5 Å². The minimum Gasteiger partial charge on any atom is -0.376 e. The van der Waals surface area contributed by atoms with Crippen LogP contribution in [0.5, 0.6) is 0 Å². The summed E-state index contributed by atoms with van der Waals surface area (Å²) in [4.78, 5) is 14.3. The molecule has 2 aliphatic heterocycles. The molecule has 0 saturated carbocycles. The molecule has 2 saturated heterocycles. The number of amides is 2. The lowest BCUT2D eigenvalue weighted by Gasteiger charge is -2.26. The van der Waals surface area contributed by atoms with Crippen molar-refractivity contribution in [1.29, 1.82) is 0 Å². The highest BCUT2D eigenvalue weighted by molar-refractivity contribution is 5.88. The molecule has 0 spiro atoms. The number of rotatable bonds is 6. The highest BCUT2D eigenvalue weighted by atomic mass is 16.5. The van der Waals surface area contributed by atoms with Gasteiger partial charge in [0.1, 0.15) is 0 Å². The first kappa shape index (κ1) is 16.3. The first-order chi connectivity index (χ1) is 11.3. The van der Waals surface area contributed by atoms with Crippen molar-refractivity contribution in [3.8, 4) is 0 Å². The standard InChI is InChI=1S/C16H27N5O2/c22-16(17-6-9-20-7-2-1-3-8-20)19-14-11-18-21(12-14)13-15-5-4-10-23-15/h11-12,15H,1-10,13H2,(H2,17,19,22). The van der Waals surface area contributed by atoms with Crippen LogP contribution in [0.25, 0.3) is 0 Å². The third kappa shape index (κ3) is 5.21. The molecule has 0 radical (unpaired) electrons. The van der Waals surface area contributed by atoms with E-state index in [0.29, 0.717) is 6.54 Å². The van der Waals surface area contributed by atoms with E-state index in [1.807, 2.05) is 10.9 Å². The number of ether oxygens (including phenoxy) is 1. The maximum Gasteiger partial charge on any atom is 0.319 e. The Morgan fingerprint density at radius 1 is 1.30 bits per heavy atom. The quantitative estimate of drug-likeness (QED) is 0.836. The van der Waals surface area contributed by atoms with Gasteiger partial charge in [-0.2, -0.15) is 5.10 Å². The van der Waals surface area contributed by atoms with Crippen LogP contribution in [-0.2, 0) is 11.3 Å². The van der Waals surface area contributed by atoms with Crippen LogP contribution in [0.4, 0.5) is 10.5 Å². The van der Waals surface area contributed by atoms with E-state index in [9.17, 15) is 4.79 Å². The Morgan fingerprint density at radius 3 is 2.96 bits per heavy atom. The van der Waals surface area contributed by atoms with Crippen LogP contribution in [0.15, 0.2) is 12.4 Å². The molecule has 2 amide bonds. The molecule has 0 aliphatic carbocycles. The molecule has 2 N–H and O–H groups in total. The summed E-state index contributed by atoms with van der Waals surface area (Å²) in [5, 5.41) is 10.0. The van der Waals surface area contributed by atoms with Crippen LogP contribution in [0.2, 0.25) is 0 Å². The zero-order valence-corrected chi connectivity index (χ0v) is 13.7. The topological polar surface area (TPSA) is 71.4 Å². The molecule has 7 heteroatoms. The van der Waals surface area contributed by atoms with Crippen molar-refractivity contribution in [2.24, 2.45) is 0 Å². The van der Waals surface area contributed by atoms with Crippen molar-refractivity contribution in [3.05, 3.63) is 12.4 Å². The van der Waals surface area contributed by atoms with E-state index in [4.69, 9.17) is 4.74 Å². The highest BCUT2D eigenvalue weighted by Gasteiger charge is 2.16. The SMILES string of the molecule is O=C(NCCN1CCCCC1)Nc1cnn(CC2CCCO2)c1. The lowest BCUT2D eigenvalue weighted by Crippen LogP contribution is -2.39. The number of anilines is 1. The van der Waals surface area contributed by atoms with Crippen LogP contribution < -0.4 is 10.6 Å². The van der Waals surface area contributed by atoms with Gasteiger partial charge in [0, 0.05) is 25.9 Å². The van der Waals surface area contributed by atoms with Gasteiger partial charge in [-0.25, -0.2) is 4.79 Å². The summed E-state index contributed by atoms with van der Waals surface area (Å²) in [7, 11) is 0. The number of aromatic nitrogens is 2. The summed E-state index contributed by atoms with van der Waals surface area (Å²) in [6.07, 6.45) is 9.87. The molecular weight excluding hydrogens is 294 g/mol. The molecule has 3 rings (SSSR count). The minimum absolute atomic E-state index is 0.168. The van der Waals surface area contributed by atoms with E-state index in [1.165, 1.54) is 19.3 Å². The van der Waals surface area contributed by atoms with Gasteiger partial charge in [0.25, 0.3) is 0 Å². The van der Waals surface area contributed by atoms with Crippen LogP contribution >= 0.6 is 0 Å². The fourth-order valence-corrected chi connectivity index (χ4v) is 3.21. The van der Waals surface area contributed by atoms with Gasteiger partial charge >= 0.3 is 6.03 Å². The molecule has 1 aromatic rings. The van der Waals surface area contributed by atoms with Gasteiger partial charge in [-0.3, -0.25) is 4.68 Å². The van der Waals surface area contributed by atoms with Crippen molar-refractivity contribution >= 4 is 11.7 Å². The van der Waals surface area contributed by atoms with E-state index in [-0.39, 0.29) is 12.1 Å². The number of nitrogens with zero attached hydrogens (tertiary/aromatic N) is 3. The predicted octanol–water partition coefficient (Wildman–Crippen LogP) is 1.67. The number of hydrogen-bond donors (Lipinski definition) is 2. The Bertz CT molecular complexity index is 492. The molecule has 3 heterocycles. The third-order valence-corrected chi connectivity index (χ3v) is 4.47. The molecule has 128 valence electrons. The molecule has 1 unspecified atom stereocenters. The van der Waals surface area contributed by atoms with Crippen LogP contribution in [-0.4, -0.2) is 59.6 Å². The zero-order valence-electron chi connectivity index (χ0n) is 13.7. The molecular formula is C16H27N5O2. The normalized spacial score (nSPS) is 22.2. The fourth-order valence-electron chi connectivity index (χ4n) is 3.21. The van der Waals surface area contributed by atoms with Gasteiger partial charge in [-0.1, -0.05) is 6.42 Å². The maximum atomic E-state index is 11.9. The van der Waals surface area contributed by atoms with Crippen LogP contribution in [0.1, 0.15) is 32.1 Å². The fraction of sp³-hybridized carbons (Fsp3) is 0.750. The number of nitrogens with one attached hydrogen (secondary N) is 2. The Morgan fingerprint density at radius 2 is 2.17 bits per heavy atom. The van der Waals surface area contributed by atoms with Crippen molar-refractivity contribution in [2.75, 3.05) is 38.1 Å². The number of carbonyl (C=O) groups excluding carboxylic acids is 1. The van der Waals surface area contributed by atoms with E-state index in [0.717, 1.165) is 51.3 Å². The predicted molar refractivity (Wildman–Crippen MR) is 88.5 cm³/mol. The second-order valence-corrected chi connectivity index (χ2v) is 6.37. The van der Waals surface area contributed by atoms with Gasteiger partial charge in [-0.15, -0.1) is 0 Å². The summed E-state index contributed by atoms with van der Waals surface area (Å²) in [5.74, 6) is 0. The third-order valence-electron chi connectivity index (χ3n) is 4.47.